The molecule has 0 atom stereocenters. The van der Waals surface area contributed by atoms with Gasteiger partial charge in [-0.3, -0.25) is 4.79 Å². The van der Waals surface area contributed by atoms with Crippen LogP contribution in [0.5, 0.6) is 0 Å². The summed E-state index contributed by atoms with van der Waals surface area (Å²) in [4.78, 5) is 27.5. The van der Waals surface area contributed by atoms with Crippen LogP contribution in [0.1, 0.15) is 20.9 Å². The fourth-order valence-corrected chi connectivity index (χ4v) is 4.48. The number of likely N-dealkylation sites (N-methyl/N-ethyl adjacent to an activating group) is 1. The Morgan fingerprint density at radius 2 is 1.91 bits per heavy atom. The van der Waals surface area contributed by atoms with Crippen molar-refractivity contribution >= 4 is 45.0 Å². The zero-order valence-electron chi connectivity index (χ0n) is 17.3. The Labute approximate surface area is 192 Å². The lowest BCUT2D eigenvalue weighted by atomic mass is 10.2. The summed E-state index contributed by atoms with van der Waals surface area (Å²) in [5, 5.41) is 5.90. The first-order valence-corrected chi connectivity index (χ1v) is 10.9. The molecule has 0 aliphatic rings. The van der Waals surface area contributed by atoms with Crippen LogP contribution in [0.25, 0.3) is 15.9 Å². The summed E-state index contributed by atoms with van der Waals surface area (Å²) in [6, 6.07) is 14.9. The third-order valence-corrected chi connectivity index (χ3v) is 6.32. The maximum absolute atomic E-state index is 13.0. The number of carbonyl (C=O) groups is 2. The number of aryl methyl sites for hydroxylation is 1. The third kappa shape index (κ3) is 4.51. The van der Waals surface area contributed by atoms with Crippen molar-refractivity contribution in [2.45, 2.75) is 13.5 Å². The number of esters is 1. The molecule has 0 aliphatic carbocycles. The number of hydrogen-bond acceptors (Lipinski definition) is 5. The minimum absolute atomic E-state index is 0.284. The highest BCUT2D eigenvalue weighted by molar-refractivity contribution is 7.20. The molecule has 32 heavy (non-hydrogen) atoms. The number of aromatic nitrogens is 2. The number of halogens is 2. The first-order chi connectivity index (χ1) is 15.3. The molecule has 4 aromatic rings. The zero-order valence-corrected chi connectivity index (χ0v) is 18.9. The second-order valence-electron chi connectivity index (χ2n) is 7.23. The van der Waals surface area contributed by atoms with E-state index in [9.17, 15) is 14.0 Å². The Kier molecular flexibility index (Phi) is 6.25. The van der Waals surface area contributed by atoms with Gasteiger partial charge in [-0.1, -0.05) is 35.9 Å². The van der Waals surface area contributed by atoms with Gasteiger partial charge in [-0.05, 0) is 42.8 Å². The molecule has 0 fully saturated rings. The fraction of sp³-hybridized carbons (Fsp3) is 0.174. The van der Waals surface area contributed by atoms with Gasteiger partial charge in [0.25, 0.3) is 5.91 Å². The SMILES string of the molecule is Cc1nn(-c2ccccc2Cl)c2sc(C(=O)OCC(=O)N(C)Cc3ccc(F)cc3)cc12. The molecule has 4 rings (SSSR count). The number of nitrogens with zero attached hydrogens (tertiary/aromatic N) is 3. The summed E-state index contributed by atoms with van der Waals surface area (Å²) in [7, 11) is 1.60. The molecule has 2 aromatic carbocycles. The van der Waals surface area contributed by atoms with Crippen molar-refractivity contribution in [1.29, 1.82) is 0 Å². The van der Waals surface area contributed by atoms with Crippen molar-refractivity contribution in [3.05, 3.63) is 81.6 Å². The van der Waals surface area contributed by atoms with Gasteiger partial charge in [0.05, 0.1) is 16.4 Å². The minimum Gasteiger partial charge on any atom is -0.451 e. The number of hydrogen-bond donors (Lipinski definition) is 0. The summed E-state index contributed by atoms with van der Waals surface area (Å²) in [5.41, 5.74) is 2.25. The van der Waals surface area contributed by atoms with E-state index in [0.29, 0.717) is 15.6 Å². The lowest BCUT2D eigenvalue weighted by Gasteiger charge is -2.17. The van der Waals surface area contributed by atoms with Gasteiger partial charge in [0.15, 0.2) is 6.61 Å². The lowest BCUT2D eigenvalue weighted by Crippen LogP contribution is -2.30. The summed E-state index contributed by atoms with van der Waals surface area (Å²) in [6.07, 6.45) is 0. The molecule has 1 amide bonds. The molecule has 0 bridgehead atoms. The van der Waals surface area contributed by atoms with Crippen LogP contribution in [0.4, 0.5) is 4.39 Å². The van der Waals surface area contributed by atoms with Crippen LogP contribution in [0.15, 0.2) is 54.6 Å². The lowest BCUT2D eigenvalue weighted by molar-refractivity contribution is -0.133. The van der Waals surface area contributed by atoms with Gasteiger partial charge in [0.2, 0.25) is 0 Å². The van der Waals surface area contributed by atoms with Gasteiger partial charge in [-0.25, -0.2) is 13.9 Å². The molecule has 6 nitrogen and oxygen atoms in total. The fourth-order valence-electron chi connectivity index (χ4n) is 3.20. The molecule has 0 N–H and O–H groups in total. The predicted octanol–water partition coefficient (Wildman–Crippen LogP) is 5.00. The first-order valence-electron chi connectivity index (χ1n) is 9.73. The van der Waals surface area contributed by atoms with Crippen LogP contribution < -0.4 is 0 Å². The highest BCUT2D eigenvalue weighted by atomic mass is 35.5. The quantitative estimate of drug-likeness (QED) is 0.371. The van der Waals surface area contributed by atoms with Crippen molar-refractivity contribution in [3.63, 3.8) is 0 Å². The highest BCUT2D eigenvalue weighted by Crippen LogP contribution is 2.32. The smallest absolute Gasteiger partial charge is 0.348 e. The van der Waals surface area contributed by atoms with Crippen LogP contribution in [0.2, 0.25) is 5.02 Å². The Balaban J connectivity index is 1.45. The van der Waals surface area contributed by atoms with Crippen LogP contribution in [-0.2, 0) is 16.1 Å². The van der Waals surface area contributed by atoms with Gasteiger partial charge in [0.1, 0.15) is 15.5 Å². The van der Waals surface area contributed by atoms with Crippen molar-refractivity contribution in [1.82, 2.24) is 14.7 Å². The van der Waals surface area contributed by atoms with E-state index in [2.05, 4.69) is 5.10 Å². The van der Waals surface area contributed by atoms with Crippen LogP contribution in [0.3, 0.4) is 0 Å². The van der Waals surface area contributed by atoms with Crippen molar-refractivity contribution in [2.24, 2.45) is 0 Å². The zero-order chi connectivity index (χ0) is 22.8. The van der Waals surface area contributed by atoms with E-state index in [1.165, 1.54) is 28.4 Å². The second kappa shape index (κ2) is 9.10. The van der Waals surface area contributed by atoms with Gasteiger partial charge in [0, 0.05) is 19.0 Å². The summed E-state index contributed by atoms with van der Waals surface area (Å²) >= 11 is 7.54. The minimum atomic E-state index is -0.583. The number of rotatable bonds is 6. The van der Waals surface area contributed by atoms with Gasteiger partial charge in [-0.15, -0.1) is 11.3 Å². The summed E-state index contributed by atoms with van der Waals surface area (Å²) in [6.45, 7) is 1.75. The van der Waals surface area contributed by atoms with E-state index >= 15 is 0 Å². The first kappa shape index (κ1) is 22.0. The average Bonchev–Trinajstić information content (AvgIpc) is 3.34. The third-order valence-electron chi connectivity index (χ3n) is 4.91. The Bertz CT molecular complexity index is 1300. The van der Waals surface area contributed by atoms with Crippen LogP contribution in [0, 0.1) is 12.7 Å². The van der Waals surface area contributed by atoms with Gasteiger partial charge in [-0.2, -0.15) is 5.10 Å². The Morgan fingerprint density at radius 3 is 2.62 bits per heavy atom. The number of fused-ring (bicyclic) bond motifs is 1. The Morgan fingerprint density at radius 1 is 1.19 bits per heavy atom. The molecule has 9 heteroatoms. The van der Waals surface area contributed by atoms with Crippen molar-refractivity contribution in [3.8, 4) is 5.69 Å². The summed E-state index contributed by atoms with van der Waals surface area (Å²) in [5.74, 6) is -1.28. The molecule has 0 unspecified atom stereocenters. The number of amides is 1. The molecular formula is C23H19ClFN3O3S. The molecule has 164 valence electrons. The molecule has 0 spiro atoms. The maximum atomic E-state index is 13.0. The molecule has 2 heterocycles. The number of thiophene rings is 1. The van der Waals surface area contributed by atoms with Gasteiger partial charge >= 0.3 is 5.97 Å². The van der Waals surface area contributed by atoms with E-state index in [4.69, 9.17) is 16.3 Å². The summed E-state index contributed by atoms with van der Waals surface area (Å²) < 4.78 is 20.0. The van der Waals surface area contributed by atoms with Crippen LogP contribution >= 0.6 is 22.9 Å². The molecule has 0 aliphatic heterocycles. The molecule has 0 saturated carbocycles. The Hall–Kier alpha value is -3.23. The standard InChI is InChI=1S/C23H19ClFN3O3S/c1-14-17-11-20(32-22(17)28(26-14)19-6-4-3-5-18(19)24)23(30)31-13-21(29)27(2)12-15-7-9-16(25)10-8-15/h3-11H,12-13H2,1-2H3. The molecule has 0 saturated heterocycles. The maximum Gasteiger partial charge on any atom is 0.348 e. The van der Waals surface area contributed by atoms with Crippen molar-refractivity contribution < 1.29 is 18.7 Å². The van der Waals surface area contributed by atoms with Crippen LogP contribution in [-0.4, -0.2) is 40.2 Å². The monoisotopic (exact) mass is 471 g/mol. The average molecular weight is 472 g/mol. The van der Waals surface area contributed by atoms with E-state index < -0.39 is 5.97 Å². The van der Waals surface area contributed by atoms with E-state index in [1.54, 1.807) is 36.0 Å². The molecule has 2 aromatic heterocycles. The number of benzene rings is 2. The predicted molar refractivity (Wildman–Crippen MR) is 122 cm³/mol. The molecular weight excluding hydrogens is 453 g/mol. The molecule has 0 radical (unpaired) electrons. The van der Waals surface area contributed by atoms with Crippen molar-refractivity contribution in [2.75, 3.05) is 13.7 Å². The largest absolute Gasteiger partial charge is 0.451 e. The number of ether oxygens (including phenoxy) is 1. The van der Waals surface area contributed by atoms with E-state index in [0.717, 1.165) is 21.5 Å². The van der Waals surface area contributed by atoms with Gasteiger partial charge < -0.3 is 9.64 Å². The normalized spacial score (nSPS) is 11.0. The van der Waals surface area contributed by atoms with E-state index in [-0.39, 0.29) is 24.9 Å². The van der Waals surface area contributed by atoms with E-state index in [1.807, 2.05) is 25.1 Å². The number of carbonyl (C=O) groups excluding carboxylic acids is 2. The highest BCUT2D eigenvalue weighted by Gasteiger charge is 2.20. The second-order valence-corrected chi connectivity index (χ2v) is 8.67. The topological polar surface area (TPSA) is 64.4 Å². The number of para-hydroxylation sites is 1.